The van der Waals surface area contributed by atoms with E-state index in [4.69, 9.17) is 9.47 Å². The van der Waals surface area contributed by atoms with Gasteiger partial charge in [-0.15, -0.1) is 0 Å². The number of para-hydroxylation sites is 1. The van der Waals surface area contributed by atoms with Crippen LogP contribution in [0.3, 0.4) is 0 Å². The highest BCUT2D eigenvalue weighted by Crippen LogP contribution is 2.27. The third-order valence-electron chi connectivity index (χ3n) is 6.04. The molecule has 0 aromatic heterocycles. The summed E-state index contributed by atoms with van der Waals surface area (Å²) in [5.74, 6) is -0.541. The molecule has 0 aliphatic carbocycles. The molecule has 4 amide bonds. The first-order chi connectivity index (χ1) is 19.8. The van der Waals surface area contributed by atoms with Crippen molar-refractivity contribution in [3.63, 3.8) is 0 Å². The van der Waals surface area contributed by atoms with Crippen LogP contribution in [0.1, 0.15) is 56.8 Å². The highest BCUT2D eigenvalue weighted by atomic mass is 16.6. The molecule has 0 spiro atoms. The predicted octanol–water partition coefficient (Wildman–Crippen LogP) is 5.74. The van der Waals surface area contributed by atoms with Gasteiger partial charge >= 0.3 is 12.0 Å². The Kier molecular flexibility index (Phi) is 10.7. The van der Waals surface area contributed by atoms with E-state index in [0.29, 0.717) is 33.9 Å². The van der Waals surface area contributed by atoms with E-state index in [-0.39, 0.29) is 24.7 Å². The van der Waals surface area contributed by atoms with Gasteiger partial charge in [-0.1, -0.05) is 36.4 Å². The number of hydrogen-bond acceptors (Lipinski definition) is 6. The fourth-order valence-electron chi connectivity index (χ4n) is 4.17. The van der Waals surface area contributed by atoms with Crippen molar-refractivity contribution >= 4 is 40.9 Å². The first-order valence-corrected chi connectivity index (χ1v) is 13.5. The number of aryl methyl sites for hydroxylation is 1. The van der Waals surface area contributed by atoms with Crippen molar-refractivity contribution in [3.05, 3.63) is 83.4 Å². The molecule has 222 valence electrons. The van der Waals surface area contributed by atoms with Crippen molar-refractivity contribution in [1.29, 1.82) is 0 Å². The zero-order chi connectivity index (χ0) is 30.9. The summed E-state index contributed by atoms with van der Waals surface area (Å²) in [4.78, 5) is 49.4. The number of carbonyl (C=O) groups excluding carboxylic acids is 4. The van der Waals surface area contributed by atoms with Crippen LogP contribution in [0.15, 0.2) is 66.7 Å². The molecular formula is C32H38N4O6. The molecule has 0 bridgehead atoms. The molecule has 3 aromatic carbocycles. The largest absolute Gasteiger partial charge is 0.495 e. The van der Waals surface area contributed by atoms with Crippen molar-refractivity contribution in [2.24, 2.45) is 0 Å². The van der Waals surface area contributed by atoms with Crippen LogP contribution in [0.2, 0.25) is 0 Å². The molecular weight excluding hydrogens is 536 g/mol. The first-order valence-electron chi connectivity index (χ1n) is 13.5. The molecule has 0 aliphatic rings. The maximum absolute atomic E-state index is 12.8. The van der Waals surface area contributed by atoms with Gasteiger partial charge < -0.3 is 30.7 Å². The Morgan fingerprint density at radius 1 is 0.857 bits per heavy atom. The van der Waals surface area contributed by atoms with E-state index in [1.807, 2.05) is 31.2 Å². The number of amides is 4. The molecule has 1 atom stereocenters. The third-order valence-corrected chi connectivity index (χ3v) is 6.04. The third kappa shape index (κ3) is 9.96. The van der Waals surface area contributed by atoms with E-state index in [9.17, 15) is 19.2 Å². The predicted molar refractivity (Wildman–Crippen MR) is 163 cm³/mol. The van der Waals surface area contributed by atoms with Gasteiger partial charge in [0.1, 0.15) is 11.4 Å². The first kappa shape index (κ1) is 31.7. The number of hydrogen-bond donors (Lipinski definition) is 4. The SMILES string of the molecule is COc1cc(CC(=O)Nc2ccc(C(CC(=O)OC(C)(C)C)NC(C)=O)cc2)ccc1NC(=O)Nc1ccccc1C. The number of anilines is 3. The molecule has 0 fully saturated rings. The van der Waals surface area contributed by atoms with E-state index in [1.54, 1.807) is 63.2 Å². The molecule has 0 heterocycles. The van der Waals surface area contributed by atoms with Gasteiger partial charge in [-0.3, -0.25) is 14.4 Å². The van der Waals surface area contributed by atoms with Gasteiger partial charge in [-0.25, -0.2) is 4.79 Å². The molecule has 10 nitrogen and oxygen atoms in total. The Morgan fingerprint density at radius 2 is 1.52 bits per heavy atom. The number of esters is 1. The van der Waals surface area contributed by atoms with Crippen molar-refractivity contribution in [2.45, 2.75) is 59.1 Å². The van der Waals surface area contributed by atoms with Gasteiger partial charge in [0.2, 0.25) is 11.8 Å². The number of rotatable bonds is 10. The standard InChI is InChI=1S/C32H38N4O6/c1-20-9-7-8-10-25(20)35-31(40)36-26-16-11-22(17-28(26)41-6)18-29(38)34-24-14-12-23(13-15-24)27(33-21(2)37)19-30(39)42-32(3,4)5/h7-17,27H,18-19H2,1-6H3,(H,33,37)(H,34,38)(H2,35,36,40). The smallest absolute Gasteiger partial charge is 0.323 e. The minimum atomic E-state index is -0.636. The second-order valence-corrected chi connectivity index (χ2v) is 10.8. The maximum Gasteiger partial charge on any atom is 0.323 e. The molecule has 4 N–H and O–H groups in total. The summed E-state index contributed by atoms with van der Waals surface area (Å²) in [7, 11) is 1.49. The minimum Gasteiger partial charge on any atom is -0.495 e. The fourth-order valence-corrected chi connectivity index (χ4v) is 4.17. The highest BCUT2D eigenvalue weighted by Gasteiger charge is 2.22. The van der Waals surface area contributed by atoms with Gasteiger partial charge in [-0.05, 0) is 74.7 Å². The van der Waals surface area contributed by atoms with E-state index in [1.165, 1.54) is 14.0 Å². The molecule has 0 radical (unpaired) electrons. The van der Waals surface area contributed by atoms with E-state index in [0.717, 1.165) is 5.56 Å². The van der Waals surface area contributed by atoms with Gasteiger partial charge in [0, 0.05) is 18.3 Å². The van der Waals surface area contributed by atoms with Gasteiger partial charge in [0.05, 0.1) is 31.7 Å². The molecule has 3 rings (SSSR count). The summed E-state index contributed by atoms with van der Waals surface area (Å²) in [6, 6.07) is 18.5. The van der Waals surface area contributed by atoms with Crippen molar-refractivity contribution < 1.29 is 28.7 Å². The van der Waals surface area contributed by atoms with Crippen LogP contribution in [0.25, 0.3) is 0 Å². The Morgan fingerprint density at radius 3 is 2.14 bits per heavy atom. The lowest BCUT2D eigenvalue weighted by molar-refractivity contribution is -0.155. The Labute approximate surface area is 246 Å². The Balaban J connectivity index is 1.61. The number of benzene rings is 3. The van der Waals surface area contributed by atoms with Gasteiger partial charge in [0.15, 0.2) is 0 Å². The monoisotopic (exact) mass is 574 g/mol. The van der Waals surface area contributed by atoms with Crippen molar-refractivity contribution in [3.8, 4) is 5.75 Å². The fraction of sp³-hybridized carbons (Fsp3) is 0.312. The number of methoxy groups -OCH3 is 1. The van der Waals surface area contributed by atoms with Crippen molar-refractivity contribution in [1.82, 2.24) is 5.32 Å². The highest BCUT2D eigenvalue weighted by molar-refractivity contribution is 6.01. The zero-order valence-electron chi connectivity index (χ0n) is 24.8. The molecule has 0 saturated carbocycles. The van der Waals surface area contributed by atoms with Gasteiger partial charge in [-0.2, -0.15) is 0 Å². The van der Waals surface area contributed by atoms with Crippen molar-refractivity contribution in [2.75, 3.05) is 23.1 Å². The lowest BCUT2D eigenvalue weighted by atomic mass is 10.0. The van der Waals surface area contributed by atoms with Crippen LogP contribution < -0.4 is 26.0 Å². The zero-order valence-corrected chi connectivity index (χ0v) is 24.8. The maximum atomic E-state index is 12.8. The molecule has 42 heavy (non-hydrogen) atoms. The summed E-state index contributed by atoms with van der Waals surface area (Å²) >= 11 is 0. The average Bonchev–Trinajstić information content (AvgIpc) is 2.89. The molecule has 0 saturated heterocycles. The lowest BCUT2D eigenvalue weighted by Crippen LogP contribution is -2.31. The van der Waals surface area contributed by atoms with E-state index < -0.39 is 23.6 Å². The normalized spacial score (nSPS) is 11.6. The second kappa shape index (κ2) is 14.2. The molecule has 0 aliphatic heterocycles. The topological polar surface area (TPSA) is 135 Å². The quantitative estimate of drug-likeness (QED) is 0.228. The van der Waals surface area contributed by atoms with Crippen LogP contribution in [-0.4, -0.2) is 36.5 Å². The summed E-state index contributed by atoms with van der Waals surface area (Å²) < 4.78 is 10.8. The minimum absolute atomic E-state index is 0.0250. The molecule has 10 heteroatoms. The summed E-state index contributed by atoms with van der Waals surface area (Å²) in [5.41, 5.74) is 3.41. The van der Waals surface area contributed by atoms with Crippen LogP contribution >= 0.6 is 0 Å². The number of carbonyl (C=O) groups is 4. The van der Waals surface area contributed by atoms with Gasteiger partial charge in [0.25, 0.3) is 0 Å². The Bertz CT molecular complexity index is 1430. The average molecular weight is 575 g/mol. The lowest BCUT2D eigenvalue weighted by Gasteiger charge is -2.23. The van der Waals surface area contributed by atoms with Crippen LogP contribution in [-0.2, 0) is 25.5 Å². The number of urea groups is 1. The number of ether oxygens (including phenoxy) is 2. The molecule has 1 unspecified atom stereocenters. The second-order valence-electron chi connectivity index (χ2n) is 10.8. The van der Waals surface area contributed by atoms with Crippen LogP contribution in [0.5, 0.6) is 5.75 Å². The number of nitrogens with one attached hydrogen (secondary N) is 4. The summed E-state index contributed by atoms with van der Waals surface area (Å²) in [6.07, 6.45) is 0.0454. The summed E-state index contributed by atoms with van der Waals surface area (Å²) in [5, 5.41) is 11.2. The van der Waals surface area contributed by atoms with Crippen LogP contribution in [0.4, 0.5) is 21.9 Å². The van der Waals surface area contributed by atoms with Crippen LogP contribution in [0, 0.1) is 6.92 Å². The molecule has 3 aromatic rings. The Hall–Kier alpha value is -4.86. The van der Waals surface area contributed by atoms with E-state index in [2.05, 4.69) is 21.3 Å². The summed E-state index contributed by atoms with van der Waals surface area (Å²) in [6.45, 7) is 8.63. The van der Waals surface area contributed by atoms with E-state index >= 15 is 0 Å².